The zero-order valence-corrected chi connectivity index (χ0v) is 12.2. The van der Waals surface area contributed by atoms with E-state index in [0.29, 0.717) is 16.9 Å². The fourth-order valence-corrected chi connectivity index (χ4v) is 2.11. The third kappa shape index (κ3) is 4.57. The van der Waals surface area contributed by atoms with E-state index < -0.39 is 0 Å². The van der Waals surface area contributed by atoms with Gasteiger partial charge in [-0.2, -0.15) is 0 Å². The number of nitrogens with zero attached hydrogens (tertiary/aromatic N) is 3. The largest absolute Gasteiger partial charge is 0.428 e. The first-order valence-electron chi connectivity index (χ1n) is 6.27. The molecule has 0 fully saturated rings. The van der Waals surface area contributed by atoms with Crippen LogP contribution in [0.4, 0.5) is 0 Å². The average Bonchev–Trinajstić information content (AvgIpc) is 2.79. The number of aromatic nitrogens is 3. The van der Waals surface area contributed by atoms with E-state index in [9.17, 15) is 0 Å². The van der Waals surface area contributed by atoms with Crippen molar-refractivity contribution in [3.8, 4) is 10.9 Å². The molecular weight excluding hydrogens is 260 g/mol. The maximum absolute atomic E-state index is 5.60. The number of rotatable bonds is 6. The summed E-state index contributed by atoms with van der Waals surface area (Å²) in [5, 5.41) is 12.9. The van der Waals surface area contributed by atoms with Gasteiger partial charge in [0, 0.05) is 12.2 Å². The molecular formula is C13H18N4OS. The second-order valence-corrected chi connectivity index (χ2v) is 5.75. The third-order valence-electron chi connectivity index (χ3n) is 2.37. The van der Waals surface area contributed by atoms with Crippen molar-refractivity contribution in [1.29, 1.82) is 0 Å². The third-order valence-corrected chi connectivity index (χ3v) is 3.17. The van der Waals surface area contributed by atoms with Crippen LogP contribution in [0.1, 0.15) is 24.5 Å². The van der Waals surface area contributed by atoms with Crippen molar-refractivity contribution in [2.75, 3.05) is 6.54 Å². The minimum atomic E-state index is 0.548. The van der Waals surface area contributed by atoms with Crippen molar-refractivity contribution in [2.24, 2.45) is 5.92 Å². The fourth-order valence-electron chi connectivity index (χ4n) is 1.43. The maximum Gasteiger partial charge on any atom is 0.299 e. The second kappa shape index (κ2) is 6.58. The Labute approximate surface area is 117 Å². The molecule has 5 nitrogen and oxygen atoms in total. The van der Waals surface area contributed by atoms with E-state index in [4.69, 9.17) is 4.74 Å². The van der Waals surface area contributed by atoms with Crippen molar-refractivity contribution >= 4 is 11.3 Å². The summed E-state index contributed by atoms with van der Waals surface area (Å²) in [6.07, 6.45) is 1.69. The molecule has 19 heavy (non-hydrogen) atoms. The number of aryl methyl sites for hydroxylation is 1. The van der Waals surface area contributed by atoms with E-state index in [1.807, 2.05) is 19.1 Å². The monoisotopic (exact) mass is 278 g/mol. The van der Waals surface area contributed by atoms with Crippen LogP contribution in [-0.4, -0.2) is 21.7 Å². The molecule has 0 aliphatic rings. The quantitative estimate of drug-likeness (QED) is 0.880. The van der Waals surface area contributed by atoms with Crippen molar-refractivity contribution in [2.45, 2.75) is 27.3 Å². The minimum absolute atomic E-state index is 0.548. The molecule has 102 valence electrons. The van der Waals surface area contributed by atoms with Gasteiger partial charge < -0.3 is 10.1 Å². The molecule has 0 bridgehead atoms. The van der Waals surface area contributed by atoms with Crippen LogP contribution in [0, 0.1) is 12.8 Å². The maximum atomic E-state index is 5.60. The molecule has 2 aromatic heterocycles. The molecule has 1 N–H and O–H groups in total. The molecule has 0 unspecified atom stereocenters. The Bertz CT molecular complexity index is 510. The Morgan fingerprint density at radius 2 is 2.16 bits per heavy atom. The van der Waals surface area contributed by atoms with E-state index >= 15 is 0 Å². The predicted molar refractivity (Wildman–Crippen MR) is 75.5 cm³/mol. The molecule has 0 radical (unpaired) electrons. The van der Waals surface area contributed by atoms with E-state index in [2.05, 4.69) is 34.3 Å². The van der Waals surface area contributed by atoms with Gasteiger partial charge in [-0.25, -0.2) is 0 Å². The van der Waals surface area contributed by atoms with Crippen molar-refractivity contribution < 1.29 is 4.74 Å². The zero-order chi connectivity index (χ0) is 13.7. The SMILES string of the molecule is Cc1ccc(Oc2nnc(CNCC(C)C)s2)cn1. The van der Waals surface area contributed by atoms with Gasteiger partial charge in [-0.05, 0) is 31.5 Å². The Kier molecular flexibility index (Phi) is 4.81. The molecule has 0 aromatic carbocycles. The number of nitrogens with one attached hydrogen (secondary N) is 1. The van der Waals surface area contributed by atoms with Gasteiger partial charge in [0.05, 0.1) is 6.20 Å². The highest BCUT2D eigenvalue weighted by atomic mass is 32.1. The number of pyridine rings is 1. The van der Waals surface area contributed by atoms with E-state index in [1.54, 1.807) is 6.20 Å². The highest BCUT2D eigenvalue weighted by Crippen LogP contribution is 2.24. The van der Waals surface area contributed by atoms with Gasteiger partial charge in [0.25, 0.3) is 5.19 Å². The molecule has 0 aliphatic heterocycles. The lowest BCUT2D eigenvalue weighted by atomic mass is 10.2. The summed E-state index contributed by atoms with van der Waals surface area (Å²) in [5.74, 6) is 1.31. The lowest BCUT2D eigenvalue weighted by Gasteiger charge is -2.04. The standard InChI is InChI=1S/C13H18N4OS/c1-9(2)6-14-8-12-16-17-13(19-12)18-11-5-4-10(3)15-7-11/h4-5,7,9,14H,6,8H2,1-3H3. The molecule has 0 aliphatic carbocycles. The predicted octanol–water partition coefficient (Wildman–Crippen LogP) is 2.78. The Morgan fingerprint density at radius 1 is 1.32 bits per heavy atom. The van der Waals surface area contributed by atoms with Gasteiger partial charge in [0.1, 0.15) is 10.8 Å². The summed E-state index contributed by atoms with van der Waals surface area (Å²) in [4.78, 5) is 4.17. The fraction of sp³-hybridized carbons (Fsp3) is 0.462. The van der Waals surface area contributed by atoms with E-state index in [-0.39, 0.29) is 0 Å². The van der Waals surface area contributed by atoms with Crippen LogP contribution in [-0.2, 0) is 6.54 Å². The molecule has 2 aromatic rings. The van der Waals surface area contributed by atoms with Gasteiger partial charge >= 0.3 is 0 Å². The van der Waals surface area contributed by atoms with Crippen molar-refractivity contribution in [3.63, 3.8) is 0 Å². The van der Waals surface area contributed by atoms with Crippen LogP contribution in [0.15, 0.2) is 18.3 Å². The van der Waals surface area contributed by atoms with Gasteiger partial charge in [-0.15, -0.1) is 5.10 Å². The molecule has 2 heterocycles. The van der Waals surface area contributed by atoms with Crippen molar-refractivity contribution in [3.05, 3.63) is 29.0 Å². The first kappa shape index (κ1) is 13.9. The smallest absolute Gasteiger partial charge is 0.299 e. The van der Waals surface area contributed by atoms with Crippen LogP contribution >= 0.6 is 11.3 Å². The number of hydrogen-bond acceptors (Lipinski definition) is 6. The first-order valence-corrected chi connectivity index (χ1v) is 7.08. The van der Waals surface area contributed by atoms with Crippen LogP contribution in [0.25, 0.3) is 0 Å². The number of ether oxygens (including phenoxy) is 1. The Hall–Kier alpha value is -1.53. The molecule has 0 amide bonds. The summed E-state index contributed by atoms with van der Waals surface area (Å²) in [5.41, 5.74) is 0.961. The molecule has 0 spiro atoms. The summed E-state index contributed by atoms with van der Waals surface area (Å²) < 4.78 is 5.60. The average molecular weight is 278 g/mol. The van der Waals surface area contributed by atoms with E-state index in [0.717, 1.165) is 23.8 Å². The summed E-state index contributed by atoms with van der Waals surface area (Å²) >= 11 is 1.45. The van der Waals surface area contributed by atoms with E-state index in [1.165, 1.54) is 11.3 Å². The van der Waals surface area contributed by atoms with Crippen LogP contribution < -0.4 is 10.1 Å². The summed E-state index contributed by atoms with van der Waals surface area (Å²) in [6.45, 7) is 7.98. The van der Waals surface area contributed by atoms with Crippen LogP contribution in [0.5, 0.6) is 10.9 Å². The van der Waals surface area contributed by atoms with Gasteiger partial charge in [-0.1, -0.05) is 30.3 Å². The summed E-state index contributed by atoms with van der Waals surface area (Å²) in [6, 6.07) is 3.78. The molecule has 0 saturated heterocycles. The van der Waals surface area contributed by atoms with Crippen LogP contribution in [0.3, 0.4) is 0 Å². The Balaban J connectivity index is 1.88. The summed E-state index contributed by atoms with van der Waals surface area (Å²) in [7, 11) is 0. The first-order chi connectivity index (χ1) is 9.13. The lowest BCUT2D eigenvalue weighted by molar-refractivity contribution is 0.470. The van der Waals surface area contributed by atoms with Gasteiger partial charge in [0.2, 0.25) is 0 Å². The molecule has 2 rings (SSSR count). The highest BCUT2D eigenvalue weighted by Gasteiger charge is 2.06. The lowest BCUT2D eigenvalue weighted by Crippen LogP contribution is -2.18. The van der Waals surface area contributed by atoms with Gasteiger partial charge in [-0.3, -0.25) is 4.98 Å². The minimum Gasteiger partial charge on any atom is -0.428 e. The molecule has 0 atom stereocenters. The second-order valence-electron chi connectivity index (χ2n) is 4.72. The normalized spacial score (nSPS) is 10.9. The molecule has 0 saturated carbocycles. The van der Waals surface area contributed by atoms with Crippen LogP contribution in [0.2, 0.25) is 0 Å². The number of hydrogen-bond donors (Lipinski definition) is 1. The zero-order valence-electron chi connectivity index (χ0n) is 11.4. The van der Waals surface area contributed by atoms with Gasteiger partial charge in [0.15, 0.2) is 0 Å². The van der Waals surface area contributed by atoms with Crippen molar-refractivity contribution in [1.82, 2.24) is 20.5 Å². The topological polar surface area (TPSA) is 59.9 Å². The Morgan fingerprint density at radius 3 is 2.84 bits per heavy atom. The highest BCUT2D eigenvalue weighted by molar-refractivity contribution is 7.13. The molecule has 6 heteroatoms.